The van der Waals surface area contributed by atoms with Crippen LogP contribution < -0.4 is 14.2 Å². The van der Waals surface area contributed by atoms with E-state index in [1.54, 1.807) is 6.08 Å². The molecule has 0 unspecified atom stereocenters. The van der Waals surface area contributed by atoms with Gasteiger partial charge in [-0.2, -0.15) is 0 Å². The number of hydrogen-bond acceptors (Lipinski definition) is 4. The lowest BCUT2D eigenvalue weighted by molar-refractivity contribution is -0.128. The summed E-state index contributed by atoms with van der Waals surface area (Å²) in [6, 6.07) is 13.3. The van der Waals surface area contributed by atoms with Crippen LogP contribution >= 0.6 is 0 Å². The van der Waals surface area contributed by atoms with Gasteiger partial charge < -0.3 is 14.2 Å². The van der Waals surface area contributed by atoms with Gasteiger partial charge >= 0.3 is 5.97 Å². The molecule has 2 rings (SSSR count). The molecule has 0 saturated heterocycles. The molecule has 0 fully saturated rings. The van der Waals surface area contributed by atoms with Crippen molar-refractivity contribution in [3.05, 3.63) is 59.7 Å². The van der Waals surface area contributed by atoms with Crippen LogP contribution in [-0.4, -0.2) is 19.2 Å². The van der Waals surface area contributed by atoms with Gasteiger partial charge in [0.25, 0.3) is 0 Å². The fourth-order valence-corrected chi connectivity index (χ4v) is 2.67. The minimum Gasteiger partial charge on any atom is -0.490 e. The molecule has 0 saturated carbocycles. The van der Waals surface area contributed by atoms with Gasteiger partial charge in [-0.1, -0.05) is 44.9 Å². The summed E-state index contributed by atoms with van der Waals surface area (Å²) in [5.41, 5.74) is 2.09. The molecule has 0 amide bonds. The number of benzene rings is 2. The van der Waals surface area contributed by atoms with Gasteiger partial charge in [-0.15, -0.1) is 0 Å². The van der Waals surface area contributed by atoms with Crippen LogP contribution in [0, 0.1) is 0 Å². The molecule has 0 N–H and O–H groups in total. The SMILES string of the molecule is CCCCOc1ccc(/C=C/C(=O)Oc2ccc(CCC)cc2)cc1OCC. The number of unbranched alkanes of at least 4 members (excludes halogenated alkanes) is 1. The maximum atomic E-state index is 12.1. The van der Waals surface area contributed by atoms with Gasteiger partial charge in [-0.25, -0.2) is 4.79 Å². The van der Waals surface area contributed by atoms with Crippen LogP contribution in [0.2, 0.25) is 0 Å². The lowest BCUT2D eigenvalue weighted by atomic mass is 10.1. The van der Waals surface area contributed by atoms with Gasteiger partial charge in [-0.3, -0.25) is 0 Å². The van der Waals surface area contributed by atoms with E-state index >= 15 is 0 Å². The number of rotatable bonds is 11. The molecule has 0 heterocycles. The van der Waals surface area contributed by atoms with Crippen molar-refractivity contribution < 1.29 is 19.0 Å². The first-order valence-electron chi connectivity index (χ1n) is 10.0. The molecule has 4 nitrogen and oxygen atoms in total. The summed E-state index contributed by atoms with van der Waals surface area (Å²) in [7, 11) is 0. The summed E-state index contributed by atoms with van der Waals surface area (Å²) in [4.78, 5) is 12.1. The molecule has 2 aromatic carbocycles. The van der Waals surface area contributed by atoms with Crippen molar-refractivity contribution in [2.24, 2.45) is 0 Å². The summed E-state index contributed by atoms with van der Waals surface area (Å²) in [5.74, 6) is 1.54. The first kappa shape index (κ1) is 21.5. The van der Waals surface area contributed by atoms with E-state index in [4.69, 9.17) is 14.2 Å². The van der Waals surface area contributed by atoms with E-state index in [0.29, 0.717) is 24.7 Å². The van der Waals surface area contributed by atoms with E-state index in [0.717, 1.165) is 37.0 Å². The number of ether oxygens (including phenoxy) is 3. The second kappa shape index (κ2) is 11.9. The lowest BCUT2D eigenvalue weighted by Crippen LogP contribution is -2.03. The van der Waals surface area contributed by atoms with Gasteiger partial charge in [0.2, 0.25) is 0 Å². The molecule has 0 aromatic heterocycles. The molecule has 4 heteroatoms. The van der Waals surface area contributed by atoms with Crippen molar-refractivity contribution in [1.29, 1.82) is 0 Å². The predicted molar refractivity (Wildman–Crippen MR) is 113 cm³/mol. The van der Waals surface area contributed by atoms with Crippen molar-refractivity contribution >= 4 is 12.0 Å². The minimum atomic E-state index is -0.413. The molecule has 2 aromatic rings. The van der Waals surface area contributed by atoms with Gasteiger partial charge in [0.15, 0.2) is 11.5 Å². The quantitative estimate of drug-likeness (QED) is 0.212. The second-order valence-electron chi connectivity index (χ2n) is 6.49. The lowest BCUT2D eigenvalue weighted by Gasteiger charge is -2.12. The Kier molecular flexibility index (Phi) is 9.13. The van der Waals surface area contributed by atoms with Gasteiger partial charge in [0.1, 0.15) is 5.75 Å². The van der Waals surface area contributed by atoms with Crippen molar-refractivity contribution in [1.82, 2.24) is 0 Å². The molecule has 0 radical (unpaired) electrons. The summed E-state index contributed by atoms with van der Waals surface area (Å²) in [6.07, 6.45) is 7.32. The average molecular weight is 383 g/mol. The Labute approximate surface area is 168 Å². The number of esters is 1. The first-order valence-corrected chi connectivity index (χ1v) is 10.0. The van der Waals surface area contributed by atoms with Crippen LogP contribution in [-0.2, 0) is 11.2 Å². The van der Waals surface area contributed by atoms with E-state index in [9.17, 15) is 4.79 Å². The number of hydrogen-bond donors (Lipinski definition) is 0. The Morgan fingerprint density at radius 3 is 2.39 bits per heavy atom. The zero-order valence-corrected chi connectivity index (χ0v) is 17.1. The van der Waals surface area contributed by atoms with Crippen LogP contribution in [0.4, 0.5) is 0 Å². The molecule has 150 valence electrons. The standard InChI is InChI=1S/C24H30O4/c1-4-7-17-27-22-15-11-20(18-23(22)26-6-3)12-16-24(25)28-21-13-9-19(8-5-2)10-14-21/h9-16,18H,4-8,17H2,1-3H3/b16-12+. The van der Waals surface area contributed by atoms with Crippen molar-refractivity contribution in [3.63, 3.8) is 0 Å². The smallest absolute Gasteiger partial charge is 0.336 e. The van der Waals surface area contributed by atoms with Crippen LogP contribution in [0.5, 0.6) is 17.2 Å². The van der Waals surface area contributed by atoms with E-state index in [1.807, 2.05) is 49.4 Å². The molecule has 0 aliphatic carbocycles. The molecule has 0 aliphatic heterocycles. The Balaban J connectivity index is 1.99. The Bertz CT molecular complexity index is 763. The van der Waals surface area contributed by atoms with Crippen LogP contribution in [0.15, 0.2) is 48.5 Å². The third-order valence-corrected chi connectivity index (χ3v) is 4.12. The highest BCUT2D eigenvalue weighted by Gasteiger charge is 2.06. The third-order valence-electron chi connectivity index (χ3n) is 4.12. The largest absolute Gasteiger partial charge is 0.490 e. The number of aryl methyl sites for hydroxylation is 1. The molecule has 0 spiro atoms. The van der Waals surface area contributed by atoms with Crippen LogP contribution in [0.25, 0.3) is 6.08 Å². The van der Waals surface area contributed by atoms with Crippen LogP contribution in [0.3, 0.4) is 0 Å². The molecule has 0 bridgehead atoms. The second-order valence-corrected chi connectivity index (χ2v) is 6.49. The van der Waals surface area contributed by atoms with Crippen molar-refractivity contribution in [3.8, 4) is 17.2 Å². The van der Waals surface area contributed by atoms with Crippen LogP contribution in [0.1, 0.15) is 51.2 Å². The maximum absolute atomic E-state index is 12.1. The zero-order chi connectivity index (χ0) is 20.2. The first-order chi connectivity index (χ1) is 13.7. The molecule has 0 atom stereocenters. The highest BCUT2D eigenvalue weighted by Crippen LogP contribution is 2.29. The van der Waals surface area contributed by atoms with E-state index in [-0.39, 0.29) is 0 Å². The van der Waals surface area contributed by atoms with E-state index < -0.39 is 5.97 Å². The Morgan fingerprint density at radius 2 is 1.71 bits per heavy atom. The molecule has 28 heavy (non-hydrogen) atoms. The summed E-state index contributed by atoms with van der Waals surface area (Å²) in [5, 5.41) is 0. The summed E-state index contributed by atoms with van der Waals surface area (Å²) >= 11 is 0. The number of carbonyl (C=O) groups excluding carboxylic acids is 1. The number of carbonyl (C=O) groups is 1. The molecular weight excluding hydrogens is 352 g/mol. The van der Waals surface area contributed by atoms with Gasteiger partial charge in [-0.05, 0) is 61.2 Å². The van der Waals surface area contributed by atoms with E-state index in [1.165, 1.54) is 11.6 Å². The minimum absolute atomic E-state index is 0.413. The normalized spacial score (nSPS) is 10.8. The van der Waals surface area contributed by atoms with Crippen molar-refractivity contribution in [2.75, 3.05) is 13.2 Å². The van der Waals surface area contributed by atoms with Gasteiger partial charge in [0, 0.05) is 6.08 Å². The fraction of sp³-hybridized carbons (Fsp3) is 0.375. The monoisotopic (exact) mass is 382 g/mol. The highest BCUT2D eigenvalue weighted by atomic mass is 16.5. The molecular formula is C24H30O4. The topological polar surface area (TPSA) is 44.8 Å². The molecule has 0 aliphatic rings. The Hall–Kier alpha value is -2.75. The predicted octanol–water partition coefficient (Wildman–Crippen LogP) is 5.84. The van der Waals surface area contributed by atoms with Gasteiger partial charge in [0.05, 0.1) is 13.2 Å². The summed E-state index contributed by atoms with van der Waals surface area (Å²) in [6.45, 7) is 7.41. The average Bonchev–Trinajstić information content (AvgIpc) is 2.70. The van der Waals surface area contributed by atoms with Crippen molar-refractivity contribution in [2.45, 2.75) is 46.5 Å². The fourth-order valence-electron chi connectivity index (χ4n) is 2.67. The summed E-state index contributed by atoms with van der Waals surface area (Å²) < 4.78 is 16.8. The Morgan fingerprint density at radius 1 is 0.929 bits per heavy atom. The highest BCUT2D eigenvalue weighted by molar-refractivity contribution is 5.88. The third kappa shape index (κ3) is 7.10. The zero-order valence-electron chi connectivity index (χ0n) is 17.1. The maximum Gasteiger partial charge on any atom is 0.336 e. The van der Waals surface area contributed by atoms with E-state index in [2.05, 4.69) is 13.8 Å².